The van der Waals surface area contributed by atoms with Crippen molar-refractivity contribution in [2.45, 2.75) is 16.0 Å². The Morgan fingerprint density at radius 3 is 2.07 bits per heavy atom. The van der Waals surface area contributed by atoms with Gasteiger partial charge in [-0.25, -0.2) is 8.42 Å². The molecule has 0 radical (unpaired) electrons. The van der Waals surface area contributed by atoms with Crippen LogP contribution in [0.5, 0.6) is 0 Å². The van der Waals surface area contributed by atoms with E-state index in [1.807, 2.05) is 0 Å². The first-order valence-corrected chi connectivity index (χ1v) is 6.32. The first-order valence-electron chi connectivity index (χ1n) is 3.65. The molecule has 0 saturated carbocycles. The minimum atomic E-state index is -4.45. The highest BCUT2D eigenvalue weighted by Crippen LogP contribution is 2.19. The molecule has 0 heterocycles. The molecule has 0 aliphatic rings. The average molecular weight is 285 g/mol. The summed E-state index contributed by atoms with van der Waals surface area (Å²) in [6.07, 6.45) is 0. The Kier molecular flexibility index (Phi) is 3.60. The van der Waals surface area contributed by atoms with Crippen molar-refractivity contribution in [1.29, 1.82) is 0 Å². The van der Waals surface area contributed by atoms with Crippen LogP contribution in [0, 0.1) is 0 Å². The Hall–Kier alpha value is -0.490. The molecule has 0 atom stereocenters. The van der Waals surface area contributed by atoms with Crippen LogP contribution in [0.25, 0.3) is 0 Å². The van der Waals surface area contributed by atoms with Gasteiger partial charge >= 0.3 is 5.76 Å². The van der Waals surface area contributed by atoms with Crippen LogP contribution in [-0.2, 0) is 15.2 Å². The van der Waals surface area contributed by atoms with Gasteiger partial charge in [-0.1, -0.05) is 28.1 Å². The smallest absolute Gasteiger partial charge is 0.218 e. The zero-order valence-electron chi connectivity index (χ0n) is 6.95. The molecule has 0 bridgehead atoms. The second-order valence-electron chi connectivity index (χ2n) is 2.58. The molecule has 0 unspecified atom stereocenters. The highest BCUT2D eigenvalue weighted by molar-refractivity contribution is 9.08. The monoisotopic (exact) mass is 284 g/mol. The molecule has 1 aromatic rings. The van der Waals surface area contributed by atoms with Crippen LogP contribution in [0.2, 0.25) is 0 Å². The van der Waals surface area contributed by atoms with Gasteiger partial charge in [0.1, 0.15) is 0 Å². The fourth-order valence-electron chi connectivity index (χ4n) is 0.871. The normalized spacial score (nSPS) is 12.0. The molecule has 0 aliphatic carbocycles. The SMILES string of the molecule is O=S(=O)(c1ccc(CBr)cc1)C(F)F. The van der Waals surface area contributed by atoms with Crippen LogP contribution in [0.15, 0.2) is 29.2 Å². The van der Waals surface area contributed by atoms with Gasteiger partial charge in [-0.05, 0) is 17.7 Å². The first-order chi connectivity index (χ1) is 6.48. The molecule has 78 valence electrons. The number of sulfone groups is 1. The van der Waals surface area contributed by atoms with Gasteiger partial charge in [-0.3, -0.25) is 0 Å². The van der Waals surface area contributed by atoms with E-state index in [-0.39, 0.29) is 4.90 Å². The summed E-state index contributed by atoms with van der Waals surface area (Å²) in [6, 6.07) is 5.34. The molecule has 0 aliphatic heterocycles. The molecule has 1 rings (SSSR count). The summed E-state index contributed by atoms with van der Waals surface area (Å²) in [4.78, 5) is -0.350. The van der Waals surface area contributed by atoms with Gasteiger partial charge in [-0.2, -0.15) is 8.78 Å². The second kappa shape index (κ2) is 4.35. The van der Waals surface area contributed by atoms with E-state index >= 15 is 0 Å². The molecule has 0 spiro atoms. The third-order valence-electron chi connectivity index (χ3n) is 1.64. The standard InChI is InChI=1S/C8H7BrF2O2S/c9-5-6-1-3-7(4-2-6)14(12,13)8(10)11/h1-4,8H,5H2. The Bertz CT molecular complexity index is 400. The van der Waals surface area contributed by atoms with E-state index in [1.165, 1.54) is 24.3 Å². The molecule has 0 aromatic heterocycles. The Labute approximate surface area is 89.0 Å². The lowest BCUT2D eigenvalue weighted by molar-refractivity contribution is 0.234. The third kappa shape index (κ3) is 2.30. The summed E-state index contributed by atoms with van der Waals surface area (Å²) in [5, 5.41) is 0.558. The van der Waals surface area contributed by atoms with Crippen molar-refractivity contribution in [2.24, 2.45) is 0 Å². The van der Waals surface area contributed by atoms with Gasteiger partial charge in [0, 0.05) is 5.33 Å². The maximum absolute atomic E-state index is 12.1. The fraction of sp³-hybridized carbons (Fsp3) is 0.250. The number of benzene rings is 1. The van der Waals surface area contributed by atoms with Crippen molar-refractivity contribution in [3.63, 3.8) is 0 Å². The molecule has 14 heavy (non-hydrogen) atoms. The van der Waals surface area contributed by atoms with Crippen molar-refractivity contribution < 1.29 is 17.2 Å². The van der Waals surface area contributed by atoms with Gasteiger partial charge < -0.3 is 0 Å². The summed E-state index contributed by atoms with van der Waals surface area (Å²) in [6.45, 7) is 0. The minimum absolute atomic E-state index is 0.350. The molecular weight excluding hydrogens is 278 g/mol. The number of alkyl halides is 3. The lowest BCUT2D eigenvalue weighted by Gasteiger charge is -2.03. The van der Waals surface area contributed by atoms with E-state index in [1.54, 1.807) is 0 Å². The topological polar surface area (TPSA) is 34.1 Å². The van der Waals surface area contributed by atoms with Crippen molar-refractivity contribution in [3.8, 4) is 0 Å². The molecule has 0 saturated heterocycles. The number of rotatable bonds is 3. The maximum Gasteiger partial charge on any atom is 0.341 e. The van der Waals surface area contributed by atoms with Crippen molar-refractivity contribution >= 4 is 25.8 Å². The van der Waals surface area contributed by atoms with Gasteiger partial charge in [0.2, 0.25) is 9.84 Å². The van der Waals surface area contributed by atoms with Crippen molar-refractivity contribution in [1.82, 2.24) is 0 Å². The quantitative estimate of drug-likeness (QED) is 0.800. The summed E-state index contributed by atoms with van der Waals surface area (Å²) >= 11 is 3.16. The minimum Gasteiger partial charge on any atom is -0.218 e. The Morgan fingerprint density at radius 2 is 1.71 bits per heavy atom. The van der Waals surface area contributed by atoms with Crippen LogP contribution in [0.4, 0.5) is 8.78 Å². The molecule has 0 fully saturated rings. The van der Waals surface area contributed by atoms with Gasteiger partial charge in [0.05, 0.1) is 4.90 Å². The zero-order chi connectivity index (χ0) is 10.8. The summed E-state index contributed by atoms with van der Waals surface area (Å²) in [7, 11) is -4.45. The molecular formula is C8H7BrF2O2S. The third-order valence-corrected chi connectivity index (χ3v) is 3.69. The fourth-order valence-corrected chi connectivity index (χ4v) is 1.97. The van der Waals surface area contributed by atoms with E-state index in [0.717, 1.165) is 5.56 Å². The number of hydrogen-bond acceptors (Lipinski definition) is 2. The average Bonchev–Trinajstić information content (AvgIpc) is 2.17. The molecule has 0 amide bonds. The Balaban J connectivity index is 3.10. The van der Waals surface area contributed by atoms with E-state index in [9.17, 15) is 17.2 Å². The van der Waals surface area contributed by atoms with Crippen LogP contribution in [0.3, 0.4) is 0 Å². The van der Waals surface area contributed by atoms with Crippen molar-refractivity contribution in [2.75, 3.05) is 0 Å². The van der Waals surface area contributed by atoms with Gasteiger partial charge in [0.15, 0.2) is 0 Å². The van der Waals surface area contributed by atoms with Crippen LogP contribution >= 0.6 is 15.9 Å². The van der Waals surface area contributed by atoms with E-state index in [4.69, 9.17) is 0 Å². The summed E-state index contributed by atoms with van der Waals surface area (Å²) in [5.74, 6) is -3.36. The molecule has 6 heteroatoms. The predicted octanol–water partition coefficient (Wildman–Crippen LogP) is 2.58. The van der Waals surface area contributed by atoms with Crippen LogP contribution in [-0.4, -0.2) is 14.2 Å². The van der Waals surface area contributed by atoms with E-state index < -0.39 is 15.6 Å². The van der Waals surface area contributed by atoms with Crippen LogP contribution in [0.1, 0.15) is 5.56 Å². The van der Waals surface area contributed by atoms with Crippen molar-refractivity contribution in [3.05, 3.63) is 29.8 Å². The van der Waals surface area contributed by atoms with Gasteiger partial charge in [-0.15, -0.1) is 0 Å². The largest absolute Gasteiger partial charge is 0.341 e. The number of halogens is 3. The molecule has 2 nitrogen and oxygen atoms in total. The van der Waals surface area contributed by atoms with E-state index in [0.29, 0.717) is 5.33 Å². The Morgan fingerprint density at radius 1 is 1.21 bits per heavy atom. The van der Waals surface area contributed by atoms with E-state index in [2.05, 4.69) is 15.9 Å². The number of hydrogen-bond donors (Lipinski definition) is 0. The maximum atomic E-state index is 12.1. The van der Waals surface area contributed by atoms with Gasteiger partial charge in [0.25, 0.3) is 0 Å². The highest BCUT2D eigenvalue weighted by Gasteiger charge is 2.25. The first kappa shape index (κ1) is 11.6. The lowest BCUT2D eigenvalue weighted by atomic mass is 10.2. The molecule has 1 aromatic carbocycles. The van der Waals surface area contributed by atoms with Crippen LogP contribution < -0.4 is 0 Å². The summed E-state index contributed by atoms with van der Waals surface area (Å²) in [5.41, 5.74) is 0.832. The zero-order valence-corrected chi connectivity index (χ0v) is 9.35. The predicted molar refractivity (Wildman–Crippen MR) is 52.3 cm³/mol. The highest BCUT2D eigenvalue weighted by atomic mass is 79.9. The molecule has 0 N–H and O–H groups in total. The summed E-state index contributed by atoms with van der Waals surface area (Å²) < 4.78 is 46.1. The second-order valence-corrected chi connectivity index (χ2v) is 5.06. The lowest BCUT2D eigenvalue weighted by Crippen LogP contribution is -2.11.